The molecule has 0 spiro atoms. The zero-order valence-corrected chi connectivity index (χ0v) is 19.3. The maximum atomic E-state index is 12.7. The van der Waals surface area contributed by atoms with Crippen molar-refractivity contribution in [2.45, 2.75) is 17.1 Å². The van der Waals surface area contributed by atoms with Gasteiger partial charge in [-0.25, -0.2) is 8.42 Å². The molecule has 1 aromatic heterocycles. The molecule has 1 aliphatic heterocycles. The molecule has 0 atom stereocenters. The monoisotopic (exact) mass is 477 g/mol. The fraction of sp³-hybridized carbons (Fsp3) is 0.227. The summed E-state index contributed by atoms with van der Waals surface area (Å²) in [6.45, 7) is 0.398. The van der Waals surface area contributed by atoms with Crippen LogP contribution in [-0.2, 0) is 22.0 Å². The average Bonchev–Trinajstić information content (AvgIpc) is 3.17. The van der Waals surface area contributed by atoms with Gasteiger partial charge in [0.05, 0.1) is 29.7 Å². The Labute approximate surface area is 189 Å². The van der Waals surface area contributed by atoms with E-state index in [9.17, 15) is 13.2 Å². The summed E-state index contributed by atoms with van der Waals surface area (Å²) in [4.78, 5) is 14.2. The highest BCUT2D eigenvalue weighted by molar-refractivity contribution is 7.91. The Morgan fingerprint density at radius 3 is 2.68 bits per heavy atom. The SMILES string of the molecule is COc1ccc(OC)c(CCNC(=O)c2cc3c(s2)-c2ccc(Cl)cc2S(=O)(=O)C3)c1. The van der Waals surface area contributed by atoms with Gasteiger partial charge in [0.15, 0.2) is 9.84 Å². The topological polar surface area (TPSA) is 81.7 Å². The molecule has 162 valence electrons. The Bertz CT molecular complexity index is 1270. The van der Waals surface area contributed by atoms with Crippen LogP contribution < -0.4 is 14.8 Å². The van der Waals surface area contributed by atoms with Gasteiger partial charge in [0.25, 0.3) is 5.91 Å². The van der Waals surface area contributed by atoms with Crippen molar-refractivity contribution in [3.8, 4) is 21.9 Å². The van der Waals surface area contributed by atoms with Gasteiger partial charge in [0.2, 0.25) is 0 Å². The number of rotatable bonds is 6. The van der Waals surface area contributed by atoms with Gasteiger partial charge in [-0.3, -0.25) is 4.79 Å². The van der Waals surface area contributed by atoms with Gasteiger partial charge < -0.3 is 14.8 Å². The number of amides is 1. The summed E-state index contributed by atoms with van der Waals surface area (Å²) in [5, 5.41) is 3.27. The van der Waals surface area contributed by atoms with Crippen LogP contribution in [0.4, 0.5) is 0 Å². The molecule has 0 saturated heterocycles. The fourth-order valence-corrected chi connectivity index (χ4v) is 6.71. The number of ether oxygens (including phenoxy) is 2. The number of carbonyl (C=O) groups excluding carboxylic acids is 1. The quantitative estimate of drug-likeness (QED) is 0.571. The Morgan fingerprint density at radius 2 is 1.94 bits per heavy atom. The van der Waals surface area contributed by atoms with Crippen molar-refractivity contribution in [3.63, 3.8) is 0 Å². The van der Waals surface area contributed by atoms with Crippen molar-refractivity contribution in [2.75, 3.05) is 20.8 Å². The largest absolute Gasteiger partial charge is 0.497 e. The van der Waals surface area contributed by atoms with E-state index in [4.69, 9.17) is 21.1 Å². The van der Waals surface area contributed by atoms with Crippen molar-refractivity contribution in [1.29, 1.82) is 0 Å². The number of halogens is 1. The first-order valence-corrected chi connectivity index (χ1v) is 12.3. The number of carbonyl (C=O) groups is 1. The molecule has 1 aliphatic rings. The van der Waals surface area contributed by atoms with Gasteiger partial charge in [-0.1, -0.05) is 17.7 Å². The summed E-state index contributed by atoms with van der Waals surface area (Å²) < 4.78 is 35.9. The van der Waals surface area contributed by atoms with Crippen molar-refractivity contribution in [3.05, 3.63) is 63.5 Å². The van der Waals surface area contributed by atoms with E-state index in [2.05, 4.69) is 5.32 Å². The number of sulfone groups is 1. The van der Waals surface area contributed by atoms with Crippen LogP contribution in [-0.4, -0.2) is 35.1 Å². The Hall–Kier alpha value is -2.55. The van der Waals surface area contributed by atoms with Crippen molar-refractivity contribution >= 4 is 38.7 Å². The van der Waals surface area contributed by atoms with E-state index in [1.54, 1.807) is 32.4 Å². The minimum absolute atomic E-state index is 0.138. The molecule has 2 heterocycles. The van der Waals surface area contributed by atoms with E-state index in [1.165, 1.54) is 17.4 Å². The van der Waals surface area contributed by atoms with E-state index in [0.29, 0.717) is 39.7 Å². The lowest BCUT2D eigenvalue weighted by Crippen LogP contribution is -2.25. The molecule has 9 heteroatoms. The fourth-order valence-electron chi connectivity index (χ4n) is 3.57. The van der Waals surface area contributed by atoms with Crippen LogP contribution in [0.5, 0.6) is 11.5 Å². The highest BCUT2D eigenvalue weighted by Crippen LogP contribution is 2.43. The summed E-state index contributed by atoms with van der Waals surface area (Å²) in [7, 11) is -0.301. The van der Waals surface area contributed by atoms with Crippen LogP contribution in [0.25, 0.3) is 10.4 Å². The summed E-state index contributed by atoms with van der Waals surface area (Å²) in [6.07, 6.45) is 0.562. The molecule has 0 bridgehead atoms. The van der Waals surface area contributed by atoms with Crippen LogP contribution in [0.3, 0.4) is 0 Å². The molecule has 6 nitrogen and oxygen atoms in total. The van der Waals surface area contributed by atoms with Gasteiger partial charge in [-0.05, 0) is 53.9 Å². The Morgan fingerprint density at radius 1 is 1.13 bits per heavy atom. The second-order valence-corrected chi connectivity index (χ2v) is 10.5. The van der Waals surface area contributed by atoms with Crippen molar-refractivity contribution in [1.82, 2.24) is 5.32 Å². The molecule has 0 fully saturated rings. The molecule has 1 amide bonds. The second-order valence-electron chi connectivity index (χ2n) is 7.05. The molecule has 0 unspecified atom stereocenters. The summed E-state index contributed by atoms with van der Waals surface area (Å²) in [5.41, 5.74) is 2.15. The van der Waals surface area contributed by atoms with Crippen LogP contribution in [0.1, 0.15) is 20.8 Å². The van der Waals surface area contributed by atoms with Gasteiger partial charge >= 0.3 is 0 Å². The molecule has 31 heavy (non-hydrogen) atoms. The Kier molecular flexibility index (Phi) is 5.96. The molecule has 0 saturated carbocycles. The normalized spacial score (nSPS) is 13.8. The number of nitrogens with one attached hydrogen (secondary N) is 1. The van der Waals surface area contributed by atoms with Gasteiger partial charge in [-0.2, -0.15) is 0 Å². The zero-order chi connectivity index (χ0) is 22.2. The maximum Gasteiger partial charge on any atom is 0.261 e. The number of benzene rings is 2. The minimum atomic E-state index is -3.49. The van der Waals surface area contributed by atoms with Crippen LogP contribution in [0.15, 0.2) is 47.4 Å². The predicted octanol–water partition coefficient (Wildman–Crippen LogP) is 4.35. The number of methoxy groups -OCH3 is 2. The van der Waals surface area contributed by atoms with Gasteiger partial charge in [0, 0.05) is 22.0 Å². The van der Waals surface area contributed by atoms with Crippen molar-refractivity contribution < 1.29 is 22.7 Å². The molecule has 0 aliphatic carbocycles. The van der Waals surface area contributed by atoms with Crippen molar-refractivity contribution in [2.24, 2.45) is 0 Å². The molecule has 3 aromatic rings. The lowest BCUT2D eigenvalue weighted by atomic mass is 10.1. The van der Waals surface area contributed by atoms with Crippen LogP contribution >= 0.6 is 22.9 Å². The lowest BCUT2D eigenvalue weighted by molar-refractivity contribution is 0.0958. The number of hydrogen-bond donors (Lipinski definition) is 1. The smallest absolute Gasteiger partial charge is 0.261 e. The molecule has 1 N–H and O–H groups in total. The highest BCUT2D eigenvalue weighted by atomic mass is 35.5. The van der Waals surface area contributed by atoms with Crippen LogP contribution in [0, 0.1) is 0 Å². The summed E-state index contributed by atoms with van der Waals surface area (Å²) in [5.74, 6) is 1.06. The van der Waals surface area contributed by atoms with E-state index in [1.807, 2.05) is 18.2 Å². The first-order valence-electron chi connectivity index (χ1n) is 9.47. The zero-order valence-electron chi connectivity index (χ0n) is 16.9. The second kappa shape index (κ2) is 8.53. The minimum Gasteiger partial charge on any atom is -0.497 e. The standard InChI is InChI=1S/C22H20ClNO5S2/c1-28-16-4-6-18(29-2)13(9-16)7-8-24-22(25)19-10-14-12-31(26,27)20-11-15(23)3-5-17(20)21(14)30-19/h3-6,9-11H,7-8,12H2,1-2H3,(H,24,25). The summed E-state index contributed by atoms with van der Waals surface area (Å²) in [6, 6.07) is 12.0. The van der Waals surface area contributed by atoms with Gasteiger partial charge in [-0.15, -0.1) is 11.3 Å². The third kappa shape index (κ3) is 4.28. The molecule has 4 rings (SSSR count). The Balaban J connectivity index is 1.52. The van der Waals surface area contributed by atoms with Gasteiger partial charge in [0.1, 0.15) is 11.5 Å². The van der Waals surface area contributed by atoms with E-state index < -0.39 is 9.84 Å². The average molecular weight is 478 g/mol. The predicted molar refractivity (Wildman–Crippen MR) is 121 cm³/mol. The molecular weight excluding hydrogens is 458 g/mol. The van der Waals surface area contributed by atoms with E-state index in [0.717, 1.165) is 16.2 Å². The summed E-state index contributed by atoms with van der Waals surface area (Å²) >= 11 is 7.28. The number of fused-ring (bicyclic) bond motifs is 3. The van der Waals surface area contributed by atoms with E-state index in [-0.39, 0.29) is 16.6 Å². The highest BCUT2D eigenvalue weighted by Gasteiger charge is 2.31. The molecule has 0 radical (unpaired) electrons. The first kappa shape index (κ1) is 21.7. The third-order valence-corrected chi connectivity index (χ3v) is 8.21. The number of thiophene rings is 1. The third-order valence-electron chi connectivity index (χ3n) is 5.07. The lowest BCUT2D eigenvalue weighted by Gasteiger charge is -2.16. The van der Waals surface area contributed by atoms with E-state index >= 15 is 0 Å². The maximum absolute atomic E-state index is 12.7. The number of hydrogen-bond acceptors (Lipinski definition) is 6. The molecular formula is C22H20ClNO5S2. The van der Waals surface area contributed by atoms with Crippen LogP contribution in [0.2, 0.25) is 5.02 Å². The molecule has 2 aromatic carbocycles. The first-order chi connectivity index (χ1) is 14.8.